The highest BCUT2D eigenvalue weighted by Gasteiger charge is 2.51. The van der Waals surface area contributed by atoms with Crippen molar-refractivity contribution >= 4 is 22.6 Å². The molecule has 0 unspecified atom stereocenters. The van der Waals surface area contributed by atoms with E-state index in [2.05, 4.69) is 114 Å². The van der Waals surface area contributed by atoms with Gasteiger partial charge in [0, 0.05) is 11.3 Å². The number of rotatable bonds is 1. The van der Waals surface area contributed by atoms with Crippen LogP contribution in [0.1, 0.15) is 33.4 Å². The summed E-state index contributed by atoms with van der Waals surface area (Å²) in [5, 5.41) is 19.9. The average Bonchev–Trinajstić information content (AvgIpc) is 2.99. The summed E-state index contributed by atoms with van der Waals surface area (Å²) < 4.78 is 0. The summed E-state index contributed by atoms with van der Waals surface area (Å²) in [7, 11) is 0. The molecule has 0 fully saturated rings. The number of hydrogen-bond donors (Lipinski definition) is 0. The van der Waals surface area contributed by atoms with Crippen LogP contribution in [-0.4, -0.2) is 0 Å². The SMILES string of the molecule is N#CC(C#N)=C1c2ccccc2C2(c3ccccc31)c1ccccc1N(c1ccccc1)c1ccccc12. The van der Waals surface area contributed by atoms with Crippen LogP contribution in [0.15, 0.2) is 133 Å². The van der Waals surface area contributed by atoms with E-state index in [0.717, 1.165) is 50.4 Å². The van der Waals surface area contributed by atoms with Gasteiger partial charge in [0.05, 0.1) is 16.8 Å². The number of nitrogens with zero attached hydrogens (tertiary/aromatic N) is 3. The quantitative estimate of drug-likeness (QED) is 0.222. The predicted octanol–water partition coefficient (Wildman–Crippen LogP) is 8.01. The number of para-hydroxylation sites is 3. The Balaban J connectivity index is 1.70. The second-order valence-corrected chi connectivity index (χ2v) is 9.52. The molecule has 5 aromatic rings. The minimum atomic E-state index is -0.634. The lowest BCUT2D eigenvalue weighted by atomic mass is 9.56. The topological polar surface area (TPSA) is 50.8 Å². The Labute approximate surface area is 221 Å². The Morgan fingerprint density at radius 2 is 0.921 bits per heavy atom. The fourth-order valence-electron chi connectivity index (χ4n) is 6.43. The highest BCUT2D eigenvalue weighted by molar-refractivity contribution is 5.98. The number of nitriles is 2. The molecule has 3 heteroatoms. The molecule has 3 nitrogen and oxygen atoms in total. The maximum atomic E-state index is 9.97. The van der Waals surface area contributed by atoms with Gasteiger partial charge in [-0.2, -0.15) is 10.5 Å². The van der Waals surface area contributed by atoms with Crippen molar-refractivity contribution in [3.63, 3.8) is 0 Å². The fraction of sp³-hybridized carbons (Fsp3) is 0.0286. The van der Waals surface area contributed by atoms with Gasteiger partial charge in [0.2, 0.25) is 0 Å². The molecule has 176 valence electrons. The summed E-state index contributed by atoms with van der Waals surface area (Å²) in [6.45, 7) is 0. The molecule has 2 aliphatic rings. The molecule has 0 saturated heterocycles. The van der Waals surface area contributed by atoms with E-state index in [9.17, 15) is 10.5 Å². The molecule has 7 rings (SSSR count). The molecule has 0 radical (unpaired) electrons. The van der Waals surface area contributed by atoms with Gasteiger partial charge in [-0.15, -0.1) is 0 Å². The van der Waals surface area contributed by atoms with Gasteiger partial charge in [0.15, 0.2) is 0 Å². The average molecular weight is 484 g/mol. The second kappa shape index (κ2) is 8.34. The first-order chi connectivity index (χ1) is 18.8. The molecule has 0 bridgehead atoms. The molecule has 1 spiro atoms. The Morgan fingerprint density at radius 1 is 0.500 bits per heavy atom. The van der Waals surface area contributed by atoms with Crippen LogP contribution in [0.5, 0.6) is 0 Å². The van der Waals surface area contributed by atoms with E-state index >= 15 is 0 Å². The van der Waals surface area contributed by atoms with E-state index in [-0.39, 0.29) is 5.57 Å². The smallest absolute Gasteiger partial charge is 0.138 e. The van der Waals surface area contributed by atoms with Gasteiger partial charge in [-0.1, -0.05) is 103 Å². The molecule has 0 aromatic heterocycles. The van der Waals surface area contributed by atoms with Crippen molar-refractivity contribution in [2.24, 2.45) is 0 Å². The maximum Gasteiger partial charge on any atom is 0.138 e. The van der Waals surface area contributed by atoms with E-state index in [1.165, 1.54) is 0 Å². The molecular formula is C35H21N3. The van der Waals surface area contributed by atoms with Crippen molar-refractivity contribution in [2.75, 3.05) is 4.90 Å². The number of allylic oxidation sites excluding steroid dienone is 1. The van der Waals surface area contributed by atoms with Crippen molar-refractivity contribution in [1.29, 1.82) is 10.5 Å². The van der Waals surface area contributed by atoms with Crippen LogP contribution in [0.4, 0.5) is 17.1 Å². The lowest BCUT2D eigenvalue weighted by molar-refractivity contribution is 0.718. The third-order valence-corrected chi connectivity index (χ3v) is 7.79. The highest BCUT2D eigenvalue weighted by atomic mass is 15.2. The van der Waals surface area contributed by atoms with Crippen LogP contribution in [0.2, 0.25) is 0 Å². The van der Waals surface area contributed by atoms with E-state index in [0.29, 0.717) is 5.57 Å². The summed E-state index contributed by atoms with van der Waals surface area (Å²) >= 11 is 0. The molecule has 0 amide bonds. The summed E-state index contributed by atoms with van der Waals surface area (Å²) in [5.74, 6) is 0. The van der Waals surface area contributed by atoms with E-state index in [4.69, 9.17) is 0 Å². The van der Waals surface area contributed by atoms with Crippen molar-refractivity contribution in [3.8, 4) is 12.1 Å². The van der Waals surface area contributed by atoms with Crippen molar-refractivity contribution in [2.45, 2.75) is 5.41 Å². The summed E-state index contributed by atoms with van der Waals surface area (Å²) in [5.41, 5.74) is 9.81. The van der Waals surface area contributed by atoms with Gasteiger partial charge >= 0.3 is 0 Å². The second-order valence-electron chi connectivity index (χ2n) is 9.52. The van der Waals surface area contributed by atoms with E-state index in [1.54, 1.807) is 0 Å². The third kappa shape index (κ3) is 2.76. The van der Waals surface area contributed by atoms with Crippen LogP contribution >= 0.6 is 0 Å². The van der Waals surface area contributed by atoms with Gasteiger partial charge < -0.3 is 4.90 Å². The zero-order valence-electron chi connectivity index (χ0n) is 20.5. The molecule has 0 saturated carbocycles. The van der Waals surface area contributed by atoms with Gasteiger partial charge in [-0.05, 0) is 57.6 Å². The summed E-state index contributed by atoms with van der Waals surface area (Å²) in [6, 6.07) is 48.5. The van der Waals surface area contributed by atoms with Crippen molar-refractivity contribution in [3.05, 3.63) is 166 Å². The largest absolute Gasteiger partial charge is 0.310 e. The number of benzene rings is 5. The fourth-order valence-corrected chi connectivity index (χ4v) is 6.43. The van der Waals surface area contributed by atoms with Crippen LogP contribution < -0.4 is 4.90 Å². The first-order valence-corrected chi connectivity index (χ1v) is 12.6. The van der Waals surface area contributed by atoms with Gasteiger partial charge in [-0.3, -0.25) is 0 Å². The molecule has 38 heavy (non-hydrogen) atoms. The minimum absolute atomic E-state index is 0.128. The standard InChI is InChI=1S/C35H21N3/c36-22-24(23-37)34-26-14-4-6-16-28(26)35(29-17-7-5-15-27(29)34)30-18-8-10-20-32(30)38(25-12-2-1-3-13-25)33-21-11-9-19-31(33)35/h1-21H. The normalized spacial score (nSPS) is 13.8. The van der Waals surface area contributed by atoms with Crippen LogP contribution in [0, 0.1) is 22.7 Å². The van der Waals surface area contributed by atoms with Gasteiger partial charge in [-0.25, -0.2) is 0 Å². The molecule has 1 aliphatic carbocycles. The summed E-state index contributed by atoms with van der Waals surface area (Å²) in [4.78, 5) is 2.34. The molecule has 0 N–H and O–H groups in total. The molecule has 0 atom stereocenters. The van der Waals surface area contributed by atoms with E-state index in [1.807, 2.05) is 30.3 Å². The monoisotopic (exact) mass is 483 g/mol. The Hall–Kier alpha value is -5.38. The van der Waals surface area contributed by atoms with Gasteiger partial charge in [0.25, 0.3) is 0 Å². The van der Waals surface area contributed by atoms with Crippen LogP contribution in [-0.2, 0) is 5.41 Å². The zero-order valence-corrected chi connectivity index (χ0v) is 20.5. The summed E-state index contributed by atoms with van der Waals surface area (Å²) in [6.07, 6.45) is 0. The Morgan fingerprint density at radius 3 is 1.42 bits per heavy atom. The lowest BCUT2D eigenvalue weighted by Gasteiger charge is -2.49. The lowest BCUT2D eigenvalue weighted by Crippen LogP contribution is -2.40. The number of hydrogen-bond acceptors (Lipinski definition) is 3. The molecule has 1 heterocycles. The maximum absolute atomic E-state index is 9.97. The van der Waals surface area contributed by atoms with Gasteiger partial charge in [0.1, 0.15) is 17.7 Å². The first kappa shape index (κ1) is 21.9. The highest BCUT2D eigenvalue weighted by Crippen LogP contribution is 2.61. The van der Waals surface area contributed by atoms with Crippen LogP contribution in [0.3, 0.4) is 0 Å². The minimum Gasteiger partial charge on any atom is -0.310 e. The van der Waals surface area contributed by atoms with Crippen LogP contribution in [0.25, 0.3) is 5.57 Å². The molecule has 1 aliphatic heterocycles. The van der Waals surface area contributed by atoms with Crippen molar-refractivity contribution < 1.29 is 0 Å². The van der Waals surface area contributed by atoms with Crippen molar-refractivity contribution in [1.82, 2.24) is 0 Å². The number of fused-ring (bicyclic) bond motifs is 8. The Kier molecular flexibility index (Phi) is 4.80. The predicted molar refractivity (Wildman–Crippen MR) is 150 cm³/mol. The molecule has 5 aromatic carbocycles. The van der Waals surface area contributed by atoms with E-state index < -0.39 is 5.41 Å². The Bertz CT molecular complexity index is 1740. The third-order valence-electron chi connectivity index (χ3n) is 7.79. The molecular weight excluding hydrogens is 462 g/mol. The zero-order chi connectivity index (χ0) is 25.7. The number of anilines is 3. The first-order valence-electron chi connectivity index (χ1n) is 12.6.